The molecule has 0 aromatic heterocycles. The second-order valence-electron chi connectivity index (χ2n) is 3.15. The predicted octanol–water partition coefficient (Wildman–Crippen LogP) is 2.82. The summed E-state index contributed by atoms with van der Waals surface area (Å²) in [7, 11) is 0. The van der Waals surface area contributed by atoms with E-state index in [1.165, 1.54) is 0 Å². The molecule has 18 heavy (non-hydrogen) atoms. The maximum atomic E-state index is 11.3. The molecule has 0 fully saturated rings. The molecule has 0 amide bonds. The molecule has 0 spiro atoms. The van der Waals surface area contributed by atoms with E-state index in [4.69, 9.17) is 18.9 Å². The Bertz CT molecular complexity index is 389. The first-order chi connectivity index (χ1) is 8.72. The highest BCUT2D eigenvalue weighted by Gasteiger charge is 2.15. The fraction of sp³-hybridized carbons (Fsp3) is 0.462. The Morgan fingerprint density at radius 3 is 2.50 bits per heavy atom. The third-order valence-corrected chi connectivity index (χ3v) is 1.91. The van der Waals surface area contributed by atoms with Crippen LogP contribution in [0.4, 0.5) is 4.79 Å². The van der Waals surface area contributed by atoms with Gasteiger partial charge >= 0.3 is 6.16 Å². The zero-order valence-corrected chi connectivity index (χ0v) is 10.8. The first kappa shape index (κ1) is 14.2. The third-order valence-electron chi connectivity index (χ3n) is 1.91. The molecule has 0 heterocycles. The van der Waals surface area contributed by atoms with Crippen molar-refractivity contribution in [3.8, 4) is 17.2 Å². The lowest BCUT2D eigenvalue weighted by Gasteiger charge is -2.14. The summed E-state index contributed by atoms with van der Waals surface area (Å²) in [5.74, 6) is 1.04. The number of rotatable bonds is 6. The largest absolute Gasteiger partial charge is 0.513 e. The molecule has 5 nitrogen and oxygen atoms in total. The van der Waals surface area contributed by atoms with E-state index in [2.05, 4.69) is 6.07 Å². The lowest BCUT2D eigenvalue weighted by Crippen LogP contribution is -2.11. The smallest absolute Gasteiger partial charge is 0.489 e. The van der Waals surface area contributed by atoms with Gasteiger partial charge in [0.25, 0.3) is 0 Å². The highest BCUT2D eigenvalue weighted by Crippen LogP contribution is 2.37. The maximum absolute atomic E-state index is 11.3. The molecule has 1 rings (SSSR count). The van der Waals surface area contributed by atoms with Gasteiger partial charge in [-0.25, -0.2) is 4.79 Å². The molecular formula is C13H17O5. The molecular weight excluding hydrogens is 236 g/mol. The van der Waals surface area contributed by atoms with Gasteiger partial charge in [0.05, 0.1) is 19.8 Å². The van der Waals surface area contributed by atoms with Gasteiger partial charge in [-0.2, -0.15) is 0 Å². The molecule has 1 aromatic carbocycles. The summed E-state index contributed by atoms with van der Waals surface area (Å²) in [6.45, 7) is 6.53. The number of benzene rings is 1. The second kappa shape index (κ2) is 7.42. The van der Waals surface area contributed by atoms with Crippen molar-refractivity contribution < 1.29 is 23.7 Å². The molecule has 0 aliphatic carbocycles. The Labute approximate surface area is 107 Å². The maximum Gasteiger partial charge on any atom is 0.513 e. The summed E-state index contributed by atoms with van der Waals surface area (Å²) in [5, 5.41) is 0. The fourth-order valence-corrected chi connectivity index (χ4v) is 1.30. The van der Waals surface area contributed by atoms with Crippen LogP contribution in [0.5, 0.6) is 17.2 Å². The highest BCUT2D eigenvalue weighted by atomic mass is 16.7. The van der Waals surface area contributed by atoms with E-state index < -0.39 is 6.16 Å². The van der Waals surface area contributed by atoms with Crippen LogP contribution < -0.4 is 14.2 Å². The minimum absolute atomic E-state index is 0.250. The monoisotopic (exact) mass is 253 g/mol. The first-order valence-corrected chi connectivity index (χ1v) is 5.87. The average Bonchev–Trinajstić information content (AvgIpc) is 2.34. The number of hydrogen-bond donors (Lipinski definition) is 0. The van der Waals surface area contributed by atoms with Crippen LogP contribution in [0.25, 0.3) is 0 Å². The lowest BCUT2D eigenvalue weighted by atomic mass is 10.3. The van der Waals surface area contributed by atoms with Gasteiger partial charge in [-0.1, -0.05) is 0 Å². The van der Waals surface area contributed by atoms with Crippen molar-refractivity contribution in [1.29, 1.82) is 0 Å². The molecule has 1 radical (unpaired) electrons. The fourth-order valence-electron chi connectivity index (χ4n) is 1.30. The van der Waals surface area contributed by atoms with Crippen LogP contribution in [0.3, 0.4) is 0 Å². The molecule has 1 aromatic rings. The van der Waals surface area contributed by atoms with Crippen LogP contribution in [-0.2, 0) is 4.74 Å². The molecule has 0 aliphatic heterocycles. The first-order valence-electron chi connectivity index (χ1n) is 5.87. The van der Waals surface area contributed by atoms with Gasteiger partial charge < -0.3 is 18.9 Å². The van der Waals surface area contributed by atoms with Crippen molar-refractivity contribution >= 4 is 6.16 Å². The van der Waals surface area contributed by atoms with Crippen LogP contribution in [-0.4, -0.2) is 26.0 Å². The van der Waals surface area contributed by atoms with Crippen LogP contribution in [0.2, 0.25) is 0 Å². The lowest BCUT2D eigenvalue weighted by molar-refractivity contribution is 0.102. The molecule has 5 heteroatoms. The Kier molecular flexibility index (Phi) is 5.84. The normalized spacial score (nSPS) is 9.72. The second-order valence-corrected chi connectivity index (χ2v) is 3.15. The number of carbonyl (C=O) groups is 1. The Morgan fingerprint density at radius 2 is 1.89 bits per heavy atom. The SMILES string of the molecule is CCOC(=O)Oc1cc[c]c(OCC)c1OCC. The predicted molar refractivity (Wildman–Crippen MR) is 65.3 cm³/mol. The van der Waals surface area contributed by atoms with Crippen molar-refractivity contribution in [2.75, 3.05) is 19.8 Å². The molecule has 0 atom stereocenters. The molecule has 0 aliphatic rings. The minimum Gasteiger partial charge on any atom is -0.489 e. The van der Waals surface area contributed by atoms with Crippen LogP contribution in [0.1, 0.15) is 20.8 Å². The zero-order chi connectivity index (χ0) is 13.4. The van der Waals surface area contributed by atoms with E-state index in [1.54, 1.807) is 19.1 Å². The number of carbonyl (C=O) groups excluding carboxylic acids is 1. The Hall–Kier alpha value is -1.91. The summed E-state index contributed by atoms with van der Waals surface area (Å²) in [5.41, 5.74) is 0. The molecule has 0 bridgehead atoms. The van der Waals surface area contributed by atoms with Crippen LogP contribution in [0, 0.1) is 6.07 Å². The quantitative estimate of drug-likeness (QED) is 0.576. The zero-order valence-electron chi connectivity index (χ0n) is 10.8. The molecule has 0 saturated carbocycles. The van der Waals surface area contributed by atoms with Gasteiger partial charge in [0.15, 0.2) is 11.5 Å². The number of ether oxygens (including phenoxy) is 4. The van der Waals surface area contributed by atoms with E-state index in [1.807, 2.05) is 13.8 Å². The van der Waals surface area contributed by atoms with E-state index >= 15 is 0 Å². The Morgan fingerprint density at radius 1 is 1.17 bits per heavy atom. The molecule has 0 N–H and O–H groups in total. The van der Waals surface area contributed by atoms with Crippen LogP contribution >= 0.6 is 0 Å². The summed E-state index contributed by atoms with van der Waals surface area (Å²) in [6, 6.07) is 6.06. The standard InChI is InChI=1S/C13H17O5/c1-4-15-10-8-7-9-11(12(10)16-5-2)18-13(14)17-6-3/h7,9H,4-6H2,1-3H3. The van der Waals surface area contributed by atoms with Gasteiger partial charge in [-0.15, -0.1) is 0 Å². The van der Waals surface area contributed by atoms with Crippen LogP contribution in [0.15, 0.2) is 12.1 Å². The summed E-state index contributed by atoms with van der Waals surface area (Å²) >= 11 is 0. The topological polar surface area (TPSA) is 54.0 Å². The molecule has 0 saturated heterocycles. The van der Waals surface area contributed by atoms with Crippen molar-refractivity contribution in [2.45, 2.75) is 20.8 Å². The van der Waals surface area contributed by atoms with Gasteiger partial charge in [0, 0.05) is 6.07 Å². The van der Waals surface area contributed by atoms with Gasteiger partial charge in [0.2, 0.25) is 5.75 Å². The summed E-state index contributed by atoms with van der Waals surface area (Å²) < 4.78 is 20.5. The van der Waals surface area contributed by atoms with Crippen molar-refractivity contribution in [2.24, 2.45) is 0 Å². The van der Waals surface area contributed by atoms with Crippen molar-refractivity contribution in [3.63, 3.8) is 0 Å². The van der Waals surface area contributed by atoms with E-state index in [-0.39, 0.29) is 12.4 Å². The van der Waals surface area contributed by atoms with Crippen molar-refractivity contribution in [3.05, 3.63) is 18.2 Å². The summed E-state index contributed by atoms with van der Waals surface area (Å²) in [4.78, 5) is 11.3. The molecule has 0 unspecified atom stereocenters. The van der Waals surface area contributed by atoms with E-state index in [0.29, 0.717) is 24.7 Å². The van der Waals surface area contributed by atoms with E-state index in [0.717, 1.165) is 0 Å². The van der Waals surface area contributed by atoms with Gasteiger partial charge in [-0.05, 0) is 32.9 Å². The van der Waals surface area contributed by atoms with Gasteiger partial charge in [0.1, 0.15) is 0 Å². The van der Waals surface area contributed by atoms with E-state index in [9.17, 15) is 4.79 Å². The average molecular weight is 253 g/mol. The minimum atomic E-state index is -0.771. The summed E-state index contributed by atoms with van der Waals surface area (Å²) in [6.07, 6.45) is -0.771. The van der Waals surface area contributed by atoms with Gasteiger partial charge in [-0.3, -0.25) is 0 Å². The Balaban J connectivity index is 2.94. The number of hydrogen-bond acceptors (Lipinski definition) is 5. The van der Waals surface area contributed by atoms with Crippen molar-refractivity contribution in [1.82, 2.24) is 0 Å². The highest BCUT2D eigenvalue weighted by molar-refractivity contribution is 5.66. The molecule has 99 valence electrons. The third kappa shape index (κ3) is 3.84.